The Balaban J connectivity index is 2.36. The highest BCUT2D eigenvalue weighted by Crippen LogP contribution is 2.39. The molecule has 2 aliphatic rings. The van der Waals surface area contributed by atoms with Crippen LogP contribution >= 0.6 is 0 Å². The van der Waals surface area contributed by atoms with Gasteiger partial charge in [0.1, 0.15) is 5.76 Å². The predicted octanol–water partition coefficient (Wildman–Crippen LogP) is -0.145. The second-order valence-electron chi connectivity index (χ2n) is 4.21. The highest BCUT2D eigenvalue weighted by Gasteiger charge is 2.50. The summed E-state index contributed by atoms with van der Waals surface area (Å²) in [6, 6.07) is -0.224. The highest BCUT2D eigenvalue weighted by atomic mass is 16.5. The lowest BCUT2D eigenvalue weighted by Crippen LogP contribution is -2.50. The van der Waals surface area contributed by atoms with Gasteiger partial charge in [-0.3, -0.25) is 9.69 Å². The van der Waals surface area contributed by atoms with E-state index >= 15 is 0 Å². The third-order valence-corrected chi connectivity index (χ3v) is 3.05. The van der Waals surface area contributed by atoms with Crippen LogP contribution in [0.3, 0.4) is 0 Å². The van der Waals surface area contributed by atoms with Gasteiger partial charge in [0.25, 0.3) is 0 Å². The fourth-order valence-electron chi connectivity index (χ4n) is 1.84. The molecule has 6 nitrogen and oxygen atoms in total. The second-order valence-corrected chi connectivity index (χ2v) is 4.21. The molecule has 1 amide bonds. The minimum Gasteiger partial charge on any atom is -0.476 e. The van der Waals surface area contributed by atoms with Gasteiger partial charge in [0.2, 0.25) is 5.91 Å². The molecule has 0 aromatic rings. The van der Waals surface area contributed by atoms with Crippen LogP contribution in [-0.4, -0.2) is 34.2 Å². The third-order valence-electron chi connectivity index (χ3n) is 3.05. The van der Waals surface area contributed by atoms with E-state index in [-0.39, 0.29) is 30.0 Å². The Morgan fingerprint density at radius 1 is 1.62 bits per heavy atom. The lowest BCUT2D eigenvalue weighted by molar-refractivity contribution is -0.158. The third kappa shape index (κ3) is 1.37. The van der Waals surface area contributed by atoms with Crippen molar-refractivity contribution < 1.29 is 19.4 Å². The first kappa shape index (κ1) is 10.9. The van der Waals surface area contributed by atoms with E-state index in [9.17, 15) is 9.59 Å². The Bertz CT molecular complexity index is 388. The summed E-state index contributed by atoms with van der Waals surface area (Å²) in [5.41, 5.74) is 5.66. The Morgan fingerprint density at radius 2 is 2.25 bits per heavy atom. The number of carbonyl (C=O) groups is 2. The van der Waals surface area contributed by atoms with Crippen molar-refractivity contribution in [2.45, 2.75) is 32.5 Å². The molecule has 3 N–H and O–H groups in total. The van der Waals surface area contributed by atoms with E-state index in [4.69, 9.17) is 15.6 Å². The molecule has 3 atom stereocenters. The van der Waals surface area contributed by atoms with E-state index in [1.54, 1.807) is 13.8 Å². The monoisotopic (exact) mass is 226 g/mol. The van der Waals surface area contributed by atoms with Crippen LogP contribution in [0.5, 0.6) is 0 Å². The Hall–Kier alpha value is -1.56. The molecule has 16 heavy (non-hydrogen) atoms. The zero-order valence-electron chi connectivity index (χ0n) is 9.14. The fourth-order valence-corrected chi connectivity index (χ4v) is 1.84. The molecule has 2 aliphatic heterocycles. The summed E-state index contributed by atoms with van der Waals surface area (Å²) >= 11 is 0. The van der Waals surface area contributed by atoms with Gasteiger partial charge in [-0.2, -0.15) is 0 Å². The number of β-lactam (4-membered cyclic amide) rings is 1. The minimum absolute atomic E-state index is 0.0500. The molecular weight excluding hydrogens is 212 g/mol. The van der Waals surface area contributed by atoms with Crippen LogP contribution in [0.1, 0.15) is 20.3 Å². The van der Waals surface area contributed by atoms with Gasteiger partial charge in [-0.15, -0.1) is 0 Å². The van der Waals surface area contributed by atoms with Crippen molar-refractivity contribution in [3.63, 3.8) is 0 Å². The summed E-state index contributed by atoms with van der Waals surface area (Å²) < 4.78 is 5.45. The van der Waals surface area contributed by atoms with Gasteiger partial charge >= 0.3 is 5.97 Å². The SMILES string of the molecule is CC(N)C(C)C1=C(C(=O)O)N2C(=O)CC2O1. The minimum atomic E-state index is -1.14. The van der Waals surface area contributed by atoms with Crippen molar-refractivity contribution in [2.24, 2.45) is 11.7 Å². The van der Waals surface area contributed by atoms with Crippen LogP contribution in [0.2, 0.25) is 0 Å². The molecule has 3 unspecified atom stereocenters. The summed E-state index contributed by atoms with van der Waals surface area (Å²) in [4.78, 5) is 23.6. The lowest BCUT2D eigenvalue weighted by atomic mass is 10.0. The molecular formula is C10H14N2O4. The number of carboxylic acids is 1. The smallest absolute Gasteiger partial charge is 0.356 e. The van der Waals surface area contributed by atoms with Gasteiger partial charge in [-0.1, -0.05) is 6.92 Å². The number of ether oxygens (including phenoxy) is 1. The first-order valence-corrected chi connectivity index (χ1v) is 5.15. The number of fused-ring (bicyclic) bond motifs is 1. The first-order valence-electron chi connectivity index (χ1n) is 5.15. The number of carboxylic acid groups (broad SMARTS) is 1. The van der Waals surface area contributed by atoms with E-state index in [1.807, 2.05) is 0 Å². The Kier molecular flexibility index (Phi) is 2.38. The van der Waals surface area contributed by atoms with Crippen LogP contribution in [-0.2, 0) is 14.3 Å². The van der Waals surface area contributed by atoms with Gasteiger partial charge in [0.15, 0.2) is 11.9 Å². The second kappa shape index (κ2) is 3.48. The van der Waals surface area contributed by atoms with Crippen LogP contribution in [0.25, 0.3) is 0 Å². The summed E-state index contributed by atoms with van der Waals surface area (Å²) in [7, 11) is 0. The number of nitrogens with zero attached hydrogens (tertiary/aromatic N) is 1. The molecule has 2 heterocycles. The summed E-state index contributed by atoms with van der Waals surface area (Å²) in [5.74, 6) is -1.25. The van der Waals surface area contributed by atoms with Gasteiger partial charge in [-0.25, -0.2) is 4.79 Å². The van der Waals surface area contributed by atoms with E-state index in [2.05, 4.69) is 0 Å². The molecule has 0 aliphatic carbocycles. The molecule has 1 saturated heterocycles. The van der Waals surface area contributed by atoms with E-state index in [0.29, 0.717) is 5.76 Å². The van der Waals surface area contributed by atoms with Gasteiger partial charge in [0.05, 0.1) is 6.42 Å². The number of rotatable bonds is 3. The van der Waals surface area contributed by atoms with Crippen molar-refractivity contribution >= 4 is 11.9 Å². The number of carbonyl (C=O) groups excluding carboxylic acids is 1. The molecule has 0 spiro atoms. The van der Waals surface area contributed by atoms with Crippen LogP contribution in [0.15, 0.2) is 11.5 Å². The maximum Gasteiger partial charge on any atom is 0.356 e. The zero-order valence-corrected chi connectivity index (χ0v) is 9.14. The van der Waals surface area contributed by atoms with Crippen molar-refractivity contribution in [2.75, 3.05) is 0 Å². The van der Waals surface area contributed by atoms with Gasteiger partial charge < -0.3 is 15.6 Å². The highest BCUT2D eigenvalue weighted by molar-refractivity contribution is 5.97. The first-order chi connectivity index (χ1) is 7.43. The molecule has 0 aromatic carbocycles. The average molecular weight is 226 g/mol. The maximum absolute atomic E-state index is 11.3. The number of amides is 1. The quantitative estimate of drug-likeness (QED) is 0.653. The zero-order chi connectivity index (χ0) is 12.0. The molecule has 1 fully saturated rings. The van der Waals surface area contributed by atoms with Crippen molar-refractivity contribution in [1.82, 2.24) is 4.90 Å². The molecule has 0 aromatic heterocycles. The Morgan fingerprint density at radius 3 is 2.69 bits per heavy atom. The topological polar surface area (TPSA) is 92.9 Å². The lowest BCUT2D eigenvalue weighted by Gasteiger charge is -2.32. The normalized spacial score (nSPS) is 27.1. The molecule has 2 rings (SSSR count). The van der Waals surface area contributed by atoms with Crippen molar-refractivity contribution in [1.29, 1.82) is 0 Å². The van der Waals surface area contributed by atoms with Crippen LogP contribution < -0.4 is 5.73 Å². The molecule has 0 saturated carbocycles. The maximum atomic E-state index is 11.3. The van der Waals surface area contributed by atoms with E-state index in [0.717, 1.165) is 0 Å². The summed E-state index contributed by atoms with van der Waals surface area (Å²) in [5, 5.41) is 9.08. The molecule has 6 heteroatoms. The van der Waals surface area contributed by atoms with Gasteiger partial charge in [0, 0.05) is 12.0 Å². The average Bonchev–Trinajstić information content (AvgIpc) is 2.49. The summed E-state index contributed by atoms with van der Waals surface area (Å²) in [6.45, 7) is 3.57. The van der Waals surface area contributed by atoms with Gasteiger partial charge in [-0.05, 0) is 6.92 Å². The molecule has 0 radical (unpaired) electrons. The standard InChI is InChI=1S/C10H14N2O4/c1-4(5(2)11)9-8(10(14)15)12-6(13)3-7(12)16-9/h4-5,7H,3,11H2,1-2H3,(H,14,15). The number of aliphatic carboxylic acids is 1. The van der Waals surface area contributed by atoms with Crippen molar-refractivity contribution in [3.05, 3.63) is 11.5 Å². The number of nitrogens with two attached hydrogens (primary N) is 1. The Labute approximate surface area is 92.7 Å². The summed E-state index contributed by atoms with van der Waals surface area (Å²) in [6.07, 6.45) is -0.193. The molecule has 88 valence electrons. The largest absolute Gasteiger partial charge is 0.476 e. The number of hydrogen-bond donors (Lipinski definition) is 2. The van der Waals surface area contributed by atoms with E-state index in [1.165, 1.54) is 4.90 Å². The van der Waals surface area contributed by atoms with E-state index < -0.39 is 12.2 Å². The van der Waals surface area contributed by atoms with Crippen LogP contribution in [0.4, 0.5) is 0 Å². The molecule has 0 bridgehead atoms. The fraction of sp³-hybridized carbons (Fsp3) is 0.600. The number of hydrogen-bond acceptors (Lipinski definition) is 4. The van der Waals surface area contributed by atoms with Crippen LogP contribution in [0, 0.1) is 5.92 Å². The van der Waals surface area contributed by atoms with Crippen molar-refractivity contribution in [3.8, 4) is 0 Å². The predicted molar refractivity (Wildman–Crippen MR) is 53.8 cm³/mol.